The van der Waals surface area contributed by atoms with Gasteiger partial charge in [-0.15, -0.1) is 0 Å². The highest BCUT2D eigenvalue weighted by molar-refractivity contribution is 7.99. The molecule has 5 nitrogen and oxygen atoms in total. The molecule has 0 spiro atoms. The van der Waals surface area contributed by atoms with Crippen molar-refractivity contribution < 1.29 is 19.4 Å². The molecule has 0 aromatic heterocycles. The van der Waals surface area contributed by atoms with Gasteiger partial charge in [0.05, 0.1) is 24.1 Å². The molecule has 1 aromatic rings. The van der Waals surface area contributed by atoms with Crippen molar-refractivity contribution >= 4 is 29.0 Å². The smallest absolute Gasteiger partial charge is 0.225 e. The largest absolute Gasteiger partial charge is 0.397 e. The first-order valence-electron chi connectivity index (χ1n) is 5.74. The van der Waals surface area contributed by atoms with E-state index in [1.165, 1.54) is 23.9 Å². The maximum absolute atomic E-state index is 12.8. The minimum absolute atomic E-state index is 0.178. The van der Waals surface area contributed by atoms with Crippen LogP contribution in [0.2, 0.25) is 0 Å². The second kappa shape index (κ2) is 7.98. The van der Waals surface area contributed by atoms with Crippen molar-refractivity contribution in [1.29, 1.82) is 0 Å². The first kappa shape index (κ1) is 15.7. The average molecular weight is 288 g/mol. The second-order valence-corrected chi connectivity index (χ2v) is 5.09. The van der Waals surface area contributed by atoms with Gasteiger partial charge in [0, 0.05) is 17.9 Å². The summed E-state index contributed by atoms with van der Waals surface area (Å²) in [7, 11) is 0. The lowest BCUT2D eigenvalue weighted by Crippen LogP contribution is -2.17. The molecule has 0 saturated carbocycles. The Balaban J connectivity index is 2.31. The summed E-state index contributed by atoms with van der Waals surface area (Å²) < 4.78 is 12.8. The molecule has 0 fully saturated rings. The predicted octanol–water partition coefficient (Wildman–Crippen LogP) is 0.823. The maximum Gasteiger partial charge on any atom is 0.225 e. The van der Waals surface area contributed by atoms with Gasteiger partial charge in [-0.25, -0.2) is 4.39 Å². The number of hydrogen-bond donors (Lipinski definition) is 4. The number of thioether (sulfide) groups is 1. The lowest BCUT2D eigenvalue weighted by Gasteiger charge is -2.09. The zero-order valence-electron chi connectivity index (χ0n) is 10.3. The van der Waals surface area contributed by atoms with Crippen molar-refractivity contribution in [2.75, 3.05) is 29.2 Å². The minimum atomic E-state index is -0.763. The molecule has 1 aromatic carbocycles. The fraction of sp³-hybridized carbons (Fsp3) is 0.417. The molecule has 1 rings (SSSR count). The molecule has 0 aliphatic carbocycles. The number of nitrogens with one attached hydrogen (secondary N) is 1. The van der Waals surface area contributed by atoms with Crippen molar-refractivity contribution in [3.8, 4) is 0 Å². The molecule has 1 unspecified atom stereocenters. The Morgan fingerprint density at radius 1 is 1.53 bits per heavy atom. The van der Waals surface area contributed by atoms with Gasteiger partial charge in [-0.05, 0) is 18.2 Å². The maximum atomic E-state index is 12.8. The molecular formula is C12H17FN2O3S. The molecule has 1 amide bonds. The van der Waals surface area contributed by atoms with Crippen molar-refractivity contribution in [2.45, 2.75) is 12.5 Å². The number of halogens is 1. The van der Waals surface area contributed by atoms with Gasteiger partial charge in [0.25, 0.3) is 0 Å². The van der Waals surface area contributed by atoms with Crippen LogP contribution >= 0.6 is 11.8 Å². The molecule has 0 aliphatic rings. The standard InChI is InChI=1S/C12H17FN2O3S/c13-8-1-2-11(10(14)5-8)15-12(18)3-4-19-7-9(17)6-16/h1-2,5,9,16-17H,3-4,6-7,14H2,(H,15,18). The number of amides is 1. The van der Waals surface area contributed by atoms with Gasteiger partial charge in [-0.1, -0.05) is 0 Å². The highest BCUT2D eigenvalue weighted by atomic mass is 32.2. The van der Waals surface area contributed by atoms with E-state index in [9.17, 15) is 9.18 Å². The third kappa shape index (κ3) is 5.91. The van der Waals surface area contributed by atoms with Crippen LogP contribution in [-0.4, -0.2) is 40.3 Å². The normalized spacial score (nSPS) is 12.2. The van der Waals surface area contributed by atoms with Gasteiger partial charge < -0.3 is 21.3 Å². The summed E-state index contributed by atoms with van der Waals surface area (Å²) in [5.41, 5.74) is 6.12. The third-order valence-electron chi connectivity index (χ3n) is 2.28. The number of anilines is 2. The van der Waals surface area contributed by atoms with Gasteiger partial charge in [0.15, 0.2) is 0 Å². The Bertz CT molecular complexity index is 431. The number of rotatable bonds is 7. The number of aliphatic hydroxyl groups excluding tert-OH is 2. The summed E-state index contributed by atoms with van der Waals surface area (Å²) >= 11 is 1.37. The SMILES string of the molecule is Nc1cc(F)ccc1NC(=O)CCSCC(O)CO. The number of nitrogen functional groups attached to an aromatic ring is 1. The van der Waals surface area contributed by atoms with Gasteiger partial charge in [0.1, 0.15) is 5.82 Å². The van der Waals surface area contributed by atoms with Gasteiger partial charge in [-0.3, -0.25) is 4.79 Å². The van der Waals surface area contributed by atoms with Gasteiger partial charge in [0.2, 0.25) is 5.91 Å². The van der Waals surface area contributed by atoms with Crippen LogP contribution in [0.5, 0.6) is 0 Å². The summed E-state index contributed by atoms with van der Waals surface area (Å²) in [5, 5.41) is 20.3. The molecule has 0 bridgehead atoms. The van der Waals surface area contributed by atoms with Crippen molar-refractivity contribution in [2.24, 2.45) is 0 Å². The predicted molar refractivity (Wildman–Crippen MR) is 74.5 cm³/mol. The number of nitrogens with two attached hydrogens (primary N) is 1. The van der Waals surface area contributed by atoms with Crippen LogP contribution in [0.15, 0.2) is 18.2 Å². The van der Waals surface area contributed by atoms with Gasteiger partial charge >= 0.3 is 0 Å². The van der Waals surface area contributed by atoms with E-state index in [1.54, 1.807) is 0 Å². The lowest BCUT2D eigenvalue weighted by atomic mass is 10.2. The van der Waals surface area contributed by atoms with E-state index in [4.69, 9.17) is 15.9 Å². The lowest BCUT2D eigenvalue weighted by molar-refractivity contribution is -0.115. The van der Waals surface area contributed by atoms with E-state index in [1.807, 2.05) is 0 Å². The summed E-state index contributed by atoms with van der Waals surface area (Å²) in [6, 6.07) is 3.77. The van der Waals surface area contributed by atoms with Crippen LogP contribution < -0.4 is 11.1 Å². The first-order valence-corrected chi connectivity index (χ1v) is 6.90. The number of aliphatic hydroxyl groups is 2. The zero-order chi connectivity index (χ0) is 14.3. The van der Waals surface area contributed by atoms with Gasteiger partial charge in [-0.2, -0.15) is 11.8 Å². The first-order chi connectivity index (χ1) is 9.02. The van der Waals surface area contributed by atoms with Crippen molar-refractivity contribution in [3.05, 3.63) is 24.0 Å². The quantitative estimate of drug-likeness (QED) is 0.440. The Morgan fingerprint density at radius 2 is 2.26 bits per heavy atom. The van der Waals surface area contributed by atoms with Crippen LogP contribution in [0.3, 0.4) is 0 Å². The topological polar surface area (TPSA) is 95.6 Å². The van der Waals surface area contributed by atoms with Crippen LogP contribution in [0.25, 0.3) is 0 Å². The third-order valence-corrected chi connectivity index (χ3v) is 3.40. The molecule has 0 radical (unpaired) electrons. The van der Waals surface area contributed by atoms with Crippen LogP contribution in [0, 0.1) is 5.82 Å². The van der Waals surface area contributed by atoms with E-state index in [2.05, 4.69) is 5.32 Å². The second-order valence-electron chi connectivity index (χ2n) is 3.94. The van der Waals surface area contributed by atoms with E-state index < -0.39 is 11.9 Å². The Morgan fingerprint density at radius 3 is 2.89 bits per heavy atom. The molecule has 0 saturated heterocycles. The molecule has 19 heavy (non-hydrogen) atoms. The fourth-order valence-electron chi connectivity index (χ4n) is 1.30. The zero-order valence-corrected chi connectivity index (χ0v) is 11.1. The highest BCUT2D eigenvalue weighted by Gasteiger charge is 2.07. The number of carbonyl (C=O) groups excluding carboxylic acids is 1. The average Bonchev–Trinajstić information content (AvgIpc) is 2.37. The van der Waals surface area contributed by atoms with Crippen LogP contribution in [0.4, 0.5) is 15.8 Å². The van der Waals surface area contributed by atoms with E-state index in [0.29, 0.717) is 17.2 Å². The highest BCUT2D eigenvalue weighted by Crippen LogP contribution is 2.19. The summed E-state index contributed by atoms with van der Waals surface area (Å²) in [6.07, 6.45) is -0.514. The molecule has 1 atom stereocenters. The number of carbonyl (C=O) groups is 1. The van der Waals surface area contributed by atoms with E-state index in [-0.39, 0.29) is 24.6 Å². The fourth-order valence-corrected chi connectivity index (χ4v) is 2.17. The van der Waals surface area contributed by atoms with E-state index in [0.717, 1.165) is 6.07 Å². The molecule has 106 valence electrons. The van der Waals surface area contributed by atoms with Crippen LogP contribution in [-0.2, 0) is 4.79 Å². The molecule has 5 N–H and O–H groups in total. The number of benzene rings is 1. The minimum Gasteiger partial charge on any atom is -0.397 e. The van der Waals surface area contributed by atoms with Crippen molar-refractivity contribution in [1.82, 2.24) is 0 Å². The molecule has 0 heterocycles. The molecule has 0 aliphatic heterocycles. The summed E-state index contributed by atoms with van der Waals surface area (Å²) in [5.74, 6) is 0.209. The summed E-state index contributed by atoms with van der Waals surface area (Å²) in [6.45, 7) is -0.286. The monoisotopic (exact) mass is 288 g/mol. The Labute approximate surface area is 115 Å². The summed E-state index contributed by atoms with van der Waals surface area (Å²) in [4.78, 5) is 11.6. The van der Waals surface area contributed by atoms with Crippen LogP contribution in [0.1, 0.15) is 6.42 Å². The van der Waals surface area contributed by atoms with E-state index >= 15 is 0 Å². The molecule has 7 heteroatoms. The van der Waals surface area contributed by atoms with Crippen molar-refractivity contribution in [3.63, 3.8) is 0 Å². The Hall–Kier alpha value is -1.31. The molecular weight excluding hydrogens is 271 g/mol. The Kier molecular flexibility index (Phi) is 6.61. The number of hydrogen-bond acceptors (Lipinski definition) is 5.